The number of alkyl halides is 3. The van der Waals surface area contributed by atoms with Crippen LogP contribution in [0.15, 0.2) is 36.4 Å². The van der Waals surface area contributed by atoms with Gasteiger partial charge in [-0.15, -0.1) is 13.2 Å². The van der Waals surface area contributed by atoms with Crippen molar-refractivity contribution in [1.29, 1.82) is 5.26 Å². The fourth-order valence-electron chi connectivity index (χ4n) is 3.02. The van der Waals surface area contributed by atoms with Gasteiger partial charge in [0.05, 0.1) is 11.8 Å². The topological polar surface area (TPSA) is 74.6 Å². The van der Waals surface area contributed by atoms with Gasteiger partial charge in [0.25, 0.3) is 5.91 Å². The molecular formula is C22H20F5N3O3. The van der Waals surface area contributed by atoms with Crippen LogP contribution in [0.5, 0.6) is 11.5 Å². The Hall–Kier alpha value is -3.55. The van der Waals surface area contributed by atoms with Gasteiger partial charge in [0.2, 0.25) is 0 Å². The number of carbonyl (C=O) groups is 1. The number of ether oxygens (including phenoxy) is 2. The van der Waals surface area contributed by atoms with Crippen molar-refractivity contribution in [1.82, 2.24) is 5.32 Å². The summed E-state index contributed by atoms with van der Waals surface area (Å²) in [5.41, 5.74) is -1.30. The van der Waals surface area contributed by atoms with E-state index in [9.17, 15) is 32.0 Å². The van der Waals surface area contributed by atoms with Gasteiger partial charge in [0.15, 0.2) is 17.2 Å². The molecule has 2 aromatic carbocycles. The van der Waals surface area contributed by atoms with E-state index in [-0.39, 0.29) is 17.4 Å². The predicted octanol–water partition coefficient (Wildman–Crippen LogP) is 4.55. The lowest BCUT2D eigenvalue weighted by Gasteiger charge is -2.26. The first-order chi connectivity index (χ1) is 15.4. The first kappa shape index (κ1) is 24.1. The van der Waals surface area contributed by atoms with Gasteiger partial charge < -0.3 is 19.7 Å². The molecular weight excluding hydrogens is 449 g/mol. The molecule has 0 aromatic heterocycles. The second-order valence-electron chi connectivity index (χ2n) is 7.84. The Morgan fingerprint density at radius 3 is 2.33 bits per heavy atom. The number of amides is 1. The lowest BCUT2D eigenvalue weighted by molar-refractivity contribution is -0.274. The molecule has 1 amide bonds. The Labute approximate surface area is 186 Å². The van der Waals surface area contributed by atoms with Gasteiger partial charge >= 0.3 is 6.36 Å². The van der Waals surface area contributed by atoms with Crippen LogP contribution in [0.3, 0.4) is 0 Å². The van der Waals surface area contributed by atoms with Crippen molar-refractivity contribution >= 4 is 11.6 Å². The van der Waals surface area contributed by atoms with Crippen LogP contribution < -0.4 is 19.7 Å². The van der Waals surface area contributed by atoms with Crippen molar-refractivity contribution < 1.29 is 36.2 Å². The predicted molar refractivity (Wildman–Crippen MR) is 108 cm³/mol. The van der Waals surface area contributed by atoms with Gasteiger partial charge in [-0.2, -0.15) is 5.26 Å². The summed E-state index contributed by atoms with van der Waals surface area (Å²) in [7, 11) is 1.72. The molecule has 1 aliphatic rings. The molecule has 1 N–H and O–H groups in total. The van der Waals surface area contributed by atoms with E-state index < -0.39 is 41.8 Å². The number of halogens is 5. The Morgan fingerprint density at radius 1 is 1.18 bits per heavy atom. The van der Waals surface area contributed by atoms with E-state index in [0.717, 1.165) is 49.2 Å². The number of benzene rings is 2. The summed E-state index contributed by atoms with van der Waals surface area (Å²) < 4.78 is 73.8. The van der Waals surface area contributed by atoms with E-state index in [0.29, 0.717) is 5.69 Å². The molecule has 0 heterocycles. The molecule has 0 aliphatic heterocycles. The lowest BCUT2D eigenvalue weighted by atomic mass is 10.0. The minimum Gasteiger partial charge on any atom is -0.488 e. The highest BCUT2D eigenvalue weighted by atomic mass is 19.4. The van der Waals surface area contributed by atoms with Crippen LogP contribution in [0.4, 0.5) is 27.6 Å². The Morgan fingerprint density at radius 2 is 1.79 bits per heavy atom. The number of anilines is 1. The zero-order valence-corrected chi connectivity index (χ0v) is 17.7. The fraction of sp³-hybridized carbons (Fsp3) is 0.364. The zero-order chi connectivity index (χ0) is 24.4. The monoisotopic (exact) mass is 469 g/mol. The van der Waals surface area contributed by atoms with Gasteiger partial charge in [-0.05, 0) is 44.0 Å². The maximum Gasteiger partial charge on any atom is 0.573 e. The van der Waals surface area contributed by atoms with E-state index in [2.05, 4.69) is 10.1 Å². The summed E-state index contributed by atoms with van der Waals surface area (Å²) in [6.07, 6.45) is -3.08. The van der Waals surface area contributed by atoms with Crippen molar-refractivity contribution in [3.8, 4) is 17.6 Å². The van der Waals surface area contributed by atoms with Gasteiger partial charge in [-0.1, -0.05) is 0 Å². The van der Waals surface area contributed by atoms with Crippen molar-refractivity contribution in [3.63, 3.8) is 0 Å². The Balaban J connectivity index is 1.71. The van der Waals surface area contributed by atoms with Crippen LogP contribution in [0.1, 0.15) is 30.1 Å². The fourth-order valence-corrected chi connectivity index (χ4v) is 3.02. The van der Waals surface area contributed by atoms with Crippen LogP contribution in [-0.2, 0) is 0 Å². The smallest absolute Gasteiger partial charge is 0.488 e. The number of rotatable bonds is 8. The molecule has 1 saturated carbocycles. The molecule has 1 fully saturated rings. The van der Waals surface area contributed by atoms with Crippen LogP contribution >= 0.6 is 0 Å². The van der Waals surface area contributed by atoms with Crippen molar-refractivity contribution in [2.75, 3.05) is 18.6 Å². The highest BCUT2D eigenvalue weighted by Gasteiger charge is 2.33. The molecule has 0 radical (unpaired) electrons. The number of hydrogen-bond donors (Lipinski definition) is 1. The average molecular weight is 469 g/mol. The highest BCUT2D eigenvalue weighted by Crippen LogP contribution is 2.37. The molecule has 2 aromatic rings. The minimum absolute atomic E-state index is 0.00711. The summed E-state index contributed by atoms with van der Waals surface area (Å²) in [6, 6.07) is 8.08. The minimum atomic E-state index is -4.87. The second-order valence-corrected chi connectivity index (χ2v) is 7.84. The van der Waals surface area contributed by atoms with Crippen LogP contribution in [0.25, 0.3) is 0 Å². The number of nitriles is 1. The van der Waals surface area contributed by atoms with Gasteiger partial charge in [-0.25, -0.2) is 8.78 Å². The van der Waals surface area contributed by atoms with Crippen molar-refractivity contribution in [2.24, 2.45) is 0 Å². The molecule has 33 heavy (non-hydrogen) atoms. The molecule has 0 saturated heterocycles. The number of nitrogens with one attached hydrogen (secondary N) is 1. The van der Waals surface area contributed by atoms with Crippen LogP contribution in [0.2, 0.25) is 0 Å². The Bertz CT molecular complexity index is 1060. The lowest BCUT2D eigenvalue weighted by Crippen LogP contribution is -2.49. The molecule has 1 atom stereocenters. The highest BCUT2D eigenvalue weighted by molar-refractivity contribution is 5.95. The van der Waals surface area contributed by atoms with Crippen molar-refractivity contribution in [2.45, 2.75) is 37.7 Å². The molecule has 6 nitrogen and oxygen atoms in total. The average Bonchev–Trinajstić information content (AvgIpc) is 3.58. The third-order valence-electron chi connectivity index (χ3n) is 4.98. The standard InChI is InChI=1S/C22H20F5N3O3/c1-21(11-28,29-20(31)13-3-7-15(8-4-13)33-22(25,26)27)12-32-19-10-17(24)16(23)9-18(19)30(2)14-5-6-14/h3-4,7-10,14H,5-6,12H2,1-2H3,(H,29,31). The summed E-state index contributed by atoms with van der Waals surface area (Å²) in [5, 5.41) is 12.0. The summed E-state index contributed by atoms with van der Waals surface area (Å²) >= 11 is 0. The third kappa shape index (κ3) is 6.25. The third-order valence-corrected chi connectivity index (χ3v) is 4.98. The first-order valence-corrected chi connectivity index (χ1v) is 9.85. The van der Waals surface area contributed by atoms with E-state index in [1.807, 2.05) is 6.07 Å². The van der Waals surface area contributed by atoms with E-state index in [1.54, 1.807) is 11.9 Å². The quantitative estimate of drug-likeness (QED) is 0.574. The van der Waals surface area contributed by atoms with E-state index in [1.165, 1.54) is 6.92 Å². The maximum atomic E-state index is 13.8. The largest absolute Gasteiger partial charge is 0.573 e. The molecule has 3 rings (SSSR count). The normalized spacial score (nSPS) is 15.2. The van der Waals surface area contributed by atoms with Crippen LogP contribution in [0, 0.1) is 23.0 Å². The second kappa shape index (κ2) is 9.13. The molecule has 0 bridgehead atoms. The van der Waals surface area contributed by atoms with Gasteiger partial charge in [-0.3, -0.25) is 4.79 Å². The molecule has 176 valence electrons. The first-order valence-electron chi connectivity index (χ1n) is 9.85. The molecule has 1 unspecified atom stereocenters. The SMILES string of the molecule is CN(c1cc(F)c(F)cc1OCC(C)(C#N)NC(=O)c1ccc(OC(F)(F)F)cc1)C1CC1. The Kier molecular flexibility index (Phi) is 6.67. The van der Waals surface area contributed by atoms with Crippen LogP contribution in [-0.4, -0.2) is 37.5 Å². The van der Waals surface area contributed by atoms with E-state index >= 15 is 0 Å². The molecule has 11 heteroatoms. The molecule has 0 spiro atoms. The maximum absolute atomic E-state index is 13.8. The molecule has 1 aliphatic carbocycles. The zero-order valence-electron chi connectivity index (χ0n) is 17.7. The van der Waals surface area contributed by atoms with Gasteiger partial charge in [0.1, 0.15) is 18.1 Å². The summed E-state index contributed by atoms with van der Waals surface area (Å²) in [6.45, 7) is 0.956. The number of hydrogen-bond acceptors (Lipinski definition) is 5. The van der Waals surface area contributed by atoms with E-state index in [4.69, 9.17) is 4.74 Å². The summed E-state index contributed by atoms with van der Waals surface area (Å²) in [5.74, 6) is -3.41. The van der Waals surface area contributed by atoms with Gasteiger partial charge in [0, 0.05) is 30.8 Å². The summed E-state index contributed by atoms with van der Waals surface area (Å²) in [4.78, 5) is 14.3. The van der Waals surface area contributed by atoms with Crippen molar-refractivity contribution in [3.05, 3.63) is 53.6 Å². The number of carbonyl (C=O) groups excluding carboxylic acids is 1. The number of nitrogens with zero attached hydrogens (tertiary/aromatic N) is 2.